The largest absolute Gasteiger partial charge is 0.493 e. The number of amides is 1. The van der Waals surface area contributed by atoms with Crippen LogP contribution in [0.5, 0.6) is 11.5 Å². The molecule has 1 amide bonds. The number of hydrogen-bond donors (Lipinski definition) is 1. The lowest BCUT2D eigenvalue weighted by atomic mass is 10.1. The van der Waals surface area contributed by atoms with Crippen molar-refractivity contribution >= 4 is 32.6 Å². The molecule has 162 valence electrons. The van der Waals surface area contributed by atoms with Crippen molar-refractivity contribution in [1.29, 1.82) is 0 Å². The highest BCUT2D eigenvalue weighted by molar-refractivity contribution is 7.22. The number of rotatable bonds is 8. The highest BCUT2D eigenvalue weighted by Gasteiger charge is 2.31. The number of nitrogens with one attached hydrogen (secondary N) is 1. The molecule has 1 aromatic heterocycles. The fourth-order valence-corrected chi connectivity index (χ4v) is 4.75. The highest BCUT2D eigenvalue weighted by atomic mass is 32.1. The van der Waals surface area contributed by atoms with Gasteiger partial charge in [0, 0.05) is 13.0 Å². The number of benzene rings is 2. The molecule has 5 rings (SSSR count). The smallest absolute Gasteiger partial charge is 0.217 e. The van der Waals surface area contributed by atoms with Crippen LogP contribution in [0, 0.1) is 5.92 Å². The minimum Gasteiger partial charge on any atom is -0.493 e. The summed E-state index contributed by atoms with van der Waals surface area (Å²) in [5.41, 5.74) is 2.08. The summed E-state index contributed by atoms with van der Waals surface area (Å²) in [6, 6.07) is 14.1. The van der Waals surface area contributed by atoms with Gasteiger partial charge in [-0.3, -0.25) is 4.79 Å². The predicted molar refractivity (Wildman–Crippen MR) is 123 cm³/mol. The summed E-state index contributed by atoms with van der Waals surface area (Å²) >= 11 is 1.68. The number of ether oxygens (including phenoxy) is 2. The van der Waals surface area contributed by atoms with Crippen LogP contribution in [0.15, 0.2) is 42.5 Å². The van der Waals surface area contributed by atoms with Gasteiger partial charge < -0.3 is 19.7 Å². The number of fused-ring (bicyclic) bond motifs is 1. The molecule has 2 heterocycles. The average molecular weight is 438 g/mol. The van der Waals surface area contributed by atoms with Crippen LogP contribution in [-0.2, 0) is 4.79 Å². The van der Waals surface area contributed by atoms with E-state index in [4.69, 9.17) is 14.5 Å². The fraction of sp³-hybridized carbons (Fsp3) is 0.417. The number of hydrogen-bond acceptors (Lipinski definition) is 6. The third kappa shape index (κ3) is 4.77. The van der Waals surface area contributed by atoms with E-state index in [1.54, 1.807) is 18.3 Å². The van der Waals surface area contributed by atoms with Gasteiger partial charge in [0.1, 0.15) is 17.6 Å². The Bertz CT molecular complexity index is 1090. The van der Waals surface area contributed by atoms with Crippen LogP contribution in [0.4, 0.5) is 5.13 Å². The van der Waals surface area contributed by atoms with E-state index in [1.807, 2.05) is 43.3 Å². The van der Waals surface area contributed by atoms with Crippen molar-refractivity contribution in [2.75, 3.05) is 24.6 Å². The number of aromatic nitrogens is 1. The molecular formula is C24H27N3O3S. The Morgan fingerprint density at radius 2 is 2.03 bits per heavy atom. The number of thiazole rings is 1. The lowest BCUT2D eigenvalue weighted by Crippen LogP contribution is -2.54. The molecule has 1 atom stereocenters. The van der Waals surface area contributed by atoms with Crippen molar-refractivity contribution in [1.82, 2.24) is 10.3 Å². The molecule has 7 heteroatoms. The number of nitrogens with zero attached hydrogens (tertiary/aromatic N) is 2. The van der Waals surface area contributed by atoms with Crippen molar-refractivity contribution < 1.29 is 14.3 Å². The minimum absolute atomic E-state index is 0.0155. The van der Waals surface area contributed by atoms with Gasteiger partial charge in [-0.1, -0.05) is 23.5 Å². The summed E-state index contributed by atoms with van der Waals surface area (Å²) in [7, 11) is 0. The zero-order valence-corrected chi connectivity index (χ0v) is 18.7. The standard InChI is InChI=1S/C24H27N3O3S/c1-15(25-16(2)28)18-8-9-22-23(10-18)31-24(26-22)27-12-21(13-27)30-20-5-3-4-19(11-20)29-14-17-6-7-17/h3-5,8-11,15,17,21H,6-7,12-14H2,1-2H3,(H,25,28). The summed E-state index contributed by atoms with van der Waals surface area (Å²) < 4.78 is 13.1. The monoisotopic (exact) mass is 437 g/mol. The average Bonchev–Trinajstić information content (AvgIpc) is 3.45. The molecule has 1 saturated carbocycles. The van der Waals surface area contributed by atoms with E-state index >= 15 is 0 Å². The van der Waals surface area contributed by atoms with E-state index in [-0.39, 0.29) is 18.1 Å². The Kier molecular flexibility index (Phi) is 5.44. The van der Waals surface area contributed by atoms with Crippen molar-refractivity contribution in [2.24, 2.45) is 5.92 Å². The molecule has 1 aliphatic carbocycles. The van der Waals surface area contributed by atoms with Crippen molar-refractivity contribution in [3.63, 3.8) is 0 Å². The number of anilines is 1. The van der Waals surface area contributed by atoms with Crippen molar-refractivity contribution in [3.05, 3.63) is 48.0 Å². The van der Waals surface area contributed by atoms with Crippen LogP contribution in [0.25, 0.3) is 10.2 Å². The van der Waals surface area contributed by atoms with Gasteiger partial charge in [-0.05, 0) is 55.5 Å². The maximum absolute atomic E-state index is 11.3. The first-order valence-electron chi connectivity index (χ1n) is 10.9. The molecule has 1 N–H and O–H groups in total. The SMILES string of the molecule is CC(=O)NC(C)c1ccc2nc(N3CC(Oc4cccc(OCC5CC5)c4)C3)sc2c1. The summed E-state index contributed by atoms with van der Waals surface area (Å²) in [4.78, 5) is 18.4. The third-order valence-electron chi connectivity index (χ3n) is 5.73. The Balaban J connectivity index is 1.18. The van der Waals surface area contributed by atoms with Gasteiger partial charge in [-0.25, -0.2) is 4.98 Å². The first-order chi connectivity index (χ1) is 15.0. The van der Waals surface area contributed by atoms with Crippen LogP contribution >= 0.6 is 11.3 Å². The van der Waals surface area contributed by atoms with Crippen molar-refractivity contribution in [2.45, 2.75) is 38.8 Å². The van der Waals surface area contributed by atoms with E-state index in [2.05, 4.69) is 16.3 Å². The molecule has 2 aliphatic rings. The summed E-state index contributed by atoms with van der Waals surface area (Å²) in [5, 5.41) is 3.95. The Morgan fingerprint density at radius 1 is 1.23 bits per heavy atom. The molecule has 0 spiro atoms. The van der Waals surface area contributed by atoms with E-state index in [0.717, 1.165) is 58.0 Å². The van der Waals surface area contributed by atoms with E-state index < -0.39 is 0 Å². The number of carbonyl (C=O) groups is 1. The van der Waals surface area contributed by atoms with Gasteiger partial charge >= 0.3 is 0 Å². The molecule has 0 radical (unpaired) electrons. The highest BCUT2D eigenvalue weighted by Crippen LogP contribution is 2.34. The van der Waals surface area contributed by atoms with Crippen molar-refractivity contribution in [3.8, 4) is 11.5 Å². The van der Waals surface area contributed by atoms with Gasteiger partial charge in [0.05, 0.1) is 36.0 Å². The first kappa shape index (κ1) is 20.1. The predicted octanol–water partition coefficient (Wildman–Crippen LogP) is 4.55. The van der Waals surface area contributed by atoms with Gasteiger partial charge in [0.25, 0.3) is 0 Å². The maximum atomic E-state index is 11.3. The second-order valence-electron chi connectivity index (χ2n) is 8.52. The normalized spacial score (nSPS) is 17.3. The molecule has 1 saturated heterocycles. The maximum Gasteiger partial charge on any atom is 0.217 e. The van der Waals surface area contributed by atoms with Crippen LogP contribution in [0.2, 0.25) is 0 Å². The molecule has 31 heavy (non-hydrogen) atoms. The second kappa shape index (κ2) is 8.38. The molecule has 0 bridgehead atoms. The topological polar surface area (TPSA) is 63.7 Å². The molecule has 3 aromatic rings. The van der Waals surface area contributed by atoms with Gasteiger partial charge in [0.2, 0.25) is 5.91 Å². The molecule has 1 unspecified atom stereocenters. The van der Waals surface area contributed by atoms with Gasteiger partial charge in [-0.2, -0.15) is 0 Å². The lowest BCUT2D eigenvalue weighted by molar-refractivity contribution is -0.119. The Hall–Kier alpha value is -2.80. The Morgan fingerprint density at radius 3 is 2.81 bits per heavy atom. The molecule has 6 nitrogen and oxygen atoms in total. The lowest BCUT2D eigenvalue weighted by Gasteiger charge is -2.38. The third-order valence-corrected chi connectivity index (χ3v) is 6.81. The second-order valence-corrected chi connectivity index (χ2v) is 9.53. The summed E-state index contributed by atoms with van der Waals surface area (Å²) in [6.07, 6.45) is 2.73. The van der Waals surface area contributed by atoms with Gasteiger partial charge in [-0.15, -0.1) is 0 Å². The minimum atomic E-state index is -0.0239. The van der Waals surface area contributed by atoms with Crippen LogP contribution < -0.4 is 19.7 Å². The summed E-state index contributed by atoms with van der Waals surface area (Å²) in [6.45, 7) is 5.99. The zero-order valence-electron chi connectivity index (χ0n) is 17.8. The van der Waals surface area contributed by atoms with Crippen LogP contribution in [0.3, 0.4) is 0 Å². The fourth-order valence-electron chi connectivity index (χ4n) is 3.72. The van der Waals surface area contributed by atoms with Crippen LogP contribution in [-0.4, -0.2) is 36.7 Å². The zero-order chi connectivity index (χ0) is 21.4. The molecular weight excluding hydrogens is 410 g/mol. The van der Waals surface area contributed by atoms with E-state index in [9.17, 15) is 4.79 Å². The van der Waals surface area contributed by atoms with Crippen LogP contribution in [0.1, 0.15) is 38.3 Å². The summed E-state index contributed by atoms with van der Waals surface area (Å²) in [5.74, 6) is 2.46. The first-order valence-corrected chi connectivity index (χ1v) is 11.7. The number of carbonyl (C=O) groups excluding carboxylic acids is 1. The molecule has 1 aliphatic heterocycles. The van der Waals surface area contributed by atoms with Gasteiger partial charge in [0.15, 0.2) is 5.13 Å². The van der Waals surface area contributed by atoms with E-state index in [0.29, 0.717) is 0 Å². The molecule has 2 fully saturated rings. The van der Waals surface area contributed by atoms with E-state index in [1.165, 1.54) is 12.8 Å². The molecule has 2 aromatic carbocycles. The Labute approximate surface area is 186 Å². The quantitative estimate of drug-likeness (QED) is 0.560.